The van der Waals surface area contributed by atoms with Gasteiger partial charge in [0.2, 0.25) is 12.5 Å². The van der Waals surface area contributed by atoms with Crippen LogP contribution in [0.5, 0.6) is 17.2 Å². The molecule has 0 radical (unpaired) electrons. The Balaban J connectivity index is 2.38. The van der Waals surface area contributed by atoms with Gasteiger partial charge in [0.05, 0.1) is 7.11 Å². The number of hydrogen-bond acceptors (Lipinski definition) is 4. The molecular weight excluding hydrogens is 206 g/mol. The second kappa shape index (κ2) is 4.61. The average molecular weight is 223 g/mol. The van der Waals surface area contributed by atoms with Crippen LogP contribution in [0, 0.1) is 0 Å². The van der Waals surface area contributed by atoms with Crippen molar-refractivity contribution in [3.8, 4) is 17.2 Å². The molecule has 4 heteroatoms. The van der Waals surface area contributed by atoms with Crippen LogP contribution in [0.4, 0.5) is 0 Å². The van der Waals surface area contributed by atoms with Crippen LogP contribution in [0.25, 0.3) is 0 Å². The van der Waals surface area contributed by atoms with Gasteiger partial charge in [0.25, 0.3) is 0 Å². The third kappa shape index (κ3) is 1.80. The van der Waals surface area contributed by atoms with Gasteiger partial charge in [-0.25, -0.2) is 0 Å². The molecule has 0 bridgehead atoms. The lowest BCUT2D eigenvalue weighted by atomic mass is 9.96. The Bertz CT molecular complexity index is 379. The topological polar surface area (TPSA) is 53.7 Å². The second-order valence-corrected chi connectivity index (χ2v) is 3.90. The number of ether oxygens (including phenoxy) is 3. The zero-order valence-electron chi connectivity index (χ0n) is 9.66. The molecule has 88 valence electrons. The van der Waals surface area contributed by atoms with Gasteiger partial charge in [0.15, 0.2) is 11.5 Å². The maximum absolute atomic E-state index is 5.57. The van der Waals surface area contributed by atoms with Crippen LogP contribution >= 0.6 is 0 Å². The fourth-order valence-corrected chi connectivity index (χ4v) is 1.97. The maximum Gasteiger partial charge on any atom is 0.231 e. The van der Waals surface area contributed by atoms with E-state index in [9.17, 15) is 0 Å². The summed E-state index contributed by atoms with van der Waals surface area (Å²) >= 11 is 0. The first-order valence-electron chi connectivity index (χ1n) is 5.44. The van der Waals surface area contributed by atoms with E-state index in [2.05, 4.69) is 6.92 Å². The van der Waals surface area contributed by atoms with Gasteiger partial charge in [-0.05, 0) is 24.9 Å². The van der Waals surface area contributed by atoms with Crippen LogP contribution < -0.4 is 19.9 Å². The van der Waals surface area contributed by atoms with Gasteiger partial charge < -0.3 is 19.9 Å². The van der Waals surface area contributed by atoms with Crippen molar-refractivity contribution >= 4 is 0 Å². The van der Waals surface area contributed by atoms with Crippen LogP contribution in [0.2, 0.25) is 0 Å². The smallest absolute Gasteiger partial charge is 0.231 e. The molecule has 1 heterocycles. The zero-order chi connectivity index (χ0) is 11.5. The zero-order valence-corrected chi connectivity index (χ0v) is 9.66. The molecule has 1 aliphatic heterocycles. The summed E-state index contributed by atoms with van der Waals surface area (Å²) in [5.41, 5.74) is 6.70. The average Bonchev–Trinajstić information content (AvgIpc) is 2.75. The van der Waals surface area contributed by atoms with Crippen LogP contribution in [-0.2, 0) is 0 Å². The molecule has 0 aromatic heterocycles. The van der Waals surface area contributed by atoms with Crippen molar-refractivity contribution in [2.75, 3.05) is 20.4 Å². The summed E-state index contributed by atoms with van der Waals surface area (Å²) in [4.78, 5) is 0. The quantitative estimate of drug-likeness (QED) is 0.846. The summed E-state index contributed by atoms with van der Waals surface area (Å²) in [6.07, 6.45) is 0.927. The van der Waals surface area contributed by atoms with Gasteiger partial charge in [-0.3, -0.25) is 0 Å². The largest absolute Gasteiger partial charge is 0.492 e. The van der Waals surface area contributed by atoms with E-state index >= 15 is 0 Å². The Morgan fingerprint density at radius 2 is 2.25 bits per heavy atom. The molecule has 2 N–H and O–H groups in total. The highest BCUT2D eigenvalue weighted by Gasteiger charge is 2.23. The molecule has 1 aromatic carbocycles. The van der Waals surface area contributed by atoms with E-state index < -0.39 is 0 Å². The van der Waals surface area contributed by atoms with E-state index in [-0.39, 0.29) is 6.79 Å². The molecule has 2 rings (SSSR count). The number of methoxy groups -OCH3 is 1. The molecule has 0 saturated carbocycles. The fourth-order valence-electron chi connectivity index (χ4n) is 1.97. The highest BCUT2D eigenvalue weighted by molar-refractivity contribution is 5.57. The Labute approximate surface area is 95.3 Å². The lowest BCUT2D eigenvalue weighted by Gasteiger charge is -2.16. The van der Waals surface area contributed by atoms with Crippen molar-refractivity contribution in [1.29, 1.82) is 0 Å². The Hall–Kier alpha value is -1.42. The first-order chi connectivity index (χ1) is 7.77. The second-order valence-electron chi connectivity index (χ2n) is 3.90. The standard InChI is InChI=1S/C12H17NO3/c1-8(5-6-13)9-3-4-10-12(11(9)14-2)16-7-15-10/h3-4,8H,5-7,13H2,1-2H3. The number of hydrogen-bond donors (Lipinski definition) is 1. The molecule has 0 aliphatic carbocycles. The molecule has 0 amide bonds. The van der Waals surface area contributed by atoms with E-state index in [4.69, 9.17) is 19.9 Å². The van der Waals surface area contributed by atoms with Crippen molar-refractivity contribution in [2.24, 2.45) is 5.73 Å². The number of nitrogens with two attached hydrogens (primary N) is 1. The summed E-state index contributed by atoms with van der Waals surface area (Å²) in [5.74, 6) is 2.59. The van der Waals surface area contributed by atoms with Crippen molar-refractivity contribution in [3.63, 3.8) is 0 Å². The highest BCUT2D eigenvalue weighted by atomic mass is 16.7. The van der Waals surface area contributed by atoms with E-state index in [0.717, 1.165) is 23.5 Å². The van der Waals surface area contributed by atoms with E-state index in [1.807, 2.05) is 12.1 Å². The minimum Gasteiger partial charge on any atom is -0.492 e. The Morgan fingerprint density at radius 1 is 1.44 bits per heavy atom. The Kier molecular flexibility index (Phi) is 3.19. The lowest BCUT2D eigenvalue weighted by molar-refractivity contribution is 0.171. The molecule has 1 aromatic rings. The predicted molar refractivity (Wildman–Crippen MR) is 61.2 cm³/mol. The van der Waals surface area contributed by atoms with Gasteiger partial charge in [0, 0.05) is 5.56 Å². The van der Waals surface area contributed by atoms with Crippen LogP contribution in [0.15, 0.2) is 12.1 Å². The van der Waals surface area contributed by atoms with E-state index in [1.54, 1.807) is 7.11 Å². The molecule has 0 fully saturated rings. The van der Waals surface area contributed by atoms with Crippen molar-refractivity contribution in [2.45, 2.75) is 19.3 Å². The van der Waals surface area contributed by atoms with Gasteiger partial charge in [-0.1, -0.05) is 13.0 Å². The number of benzene rings is 1. The summed E-state index contributed by atoms with van der Waals surface area (Å²) < 4.78 is 16.1. The van der Waals surface area contributed by atoms with Crippen LogP contribution in [-0.4, -0.2) is 20.4 Å². The monoisotopic (exact) mass is 223 g/mol. The van der Waals surface area contributed by atoms with Gasteiger partial charge in [0.1, 0.15) is 0 Å². The number of rotatable bonds is 4. The van der Waals surface area contributed by atoms with Crippen molar-refractivity contribution < 1.29 is 14.2 Å². The molecule has 1 aliphatic rings. The fraction of sp³-hybridized carbons (Fsp3) is 0.500. The SMILES string of the molecule is COc1c(C(C)CCN)ccc2c1OCO2. The van der Waals surface area contributed by atoms with Crippen LogP contribution in [0.3, 0.4) is 0 Å². The van der Waals surface area contributed by atoms with Gasteiger partial charge in [-0.2, -0.15) is 0 Å². The summed E-state index contributed by atoms with van der Waals surface area (Å²) in [6.45, 7) is 3.06. The molecule has 0 spiro atoms. The Morgan fingerprint density at radius 3 is 2.94 bits per heavy atom. The minimum absolute atomic E-state index is 0.264. The van der Waals surface area contributed by atoms with Gasteiger partial charge >= 0.3 is 0 Å². The molecular formula is C12H17NO3. The number of fused-ring (bicyclic) bond motifs is 1. The van der Waals surface area contributed by atoms with E-state index in [0.29, 0.717) is 18.2 Å². The predicted octanol–water partition coefficient (Wildman–Crippen LogP) is 1.88. The third-order valence-corrected chi connectivity index (χ3v) is 2.86. The van der Waals surface area contributed by atoms with Crippen LogP contribution in [0.1, 0.15) is 24.8 Å². The third-order valence-electron chi connectivity index (χ3n) is 2.86. The normalized spacial score (nSPS) is 14.9. The summed E-state index contributed by atoms with van der Waals surface area (Å²) in [6, 6.07) is 3.94. The lowest BCUT2D eigenvalue weighted by Crippen LogP contribution is -2.06. The van der Waals surface area contributed by atoms with Crippen molar-refractivity contribution in [1.82, 2.24) is 0 Å². The molecule has 16 heavy (non-hydrogen) atoms. The van der Waals surface area contributed by atoms with Crippen molar-refractivity contribution in [3.05, 3.63) is 17.7 Å². The minimum atomic E-state index is 0.264. The van der Waals surface area contributed by atoms with E-state index in [1.165, 1.54) is 0 Å². The maximum atomic E-state index is 5.57. The molecule has 4 nitrogen and oxygen atoms in total. The summed E-state index contributed by atoms with van der Waals surface area (Å²) in [5, 5.41) is 0. The first-order valence-corrected chi connectivity index (χ1v) is 5.44. The van der Waals surface area contributed by atoms with Gasteiger partial charge in [-0.15, -0.1) is 0 Å². The first kappa shape index (κ1) is 11.1. The molecule has 1 atom stereocenters. The summed E-state index contributed by atoms with van der Waals surface area (Å²) in [7, 11) is 1.65. The highest BCUT2D eigenvalue weighted by Crippen LogP contribution is 2.45. The molecule has 1 unspecified atom stereocenters. The molecule has 0 saturated heterocycles.